The van der Waals surface area contributed by atoms with E-state index in [-0.39, 0.29) is 11.7 Å². The third-order valence-corrected chi connectivity index (χ3v) is 5.12. The molecule has 1 saturated carbocycles. The van der Waals surface area contributed by atoms with E-state index in [0.29, 0.717) is 24.7 Å². The Labute approximate surface area is 159 Å². The van der Waals surface area contributed by atoms with Crippen LogP contribution in [0.5, 0.6) is 5.75 Å². The molecule has 138 valence electrons. The molecule has 0 aromatic heterocycles. The van der Waals surface area contributed by atoms with E-state index in [1.54, 1.807) is 24.3 Å². The van der Waals surface area contributed by atoms with Gasteiger partial charge in [0.15, 0.2) is 0 Å². The molecule has 4 rings (SSSR count). The minimum atomic E-state index is -0.0694. The first-order valence-electron chi connectivity index (χ1n) is 9.49. The highest BCUT2D eigenvalue weighted by Gasteiger charge is 2.29. The van der Waals surface area contributed by atoms with Crippen molar-refractivity contribution in [1.29, 1.82) is 0 Å². The number of carbonyl (C=O) groups excluding carboxylic acids is 1. The Morgan fingerprint density at radius 2 is 1.74 bits per heavy atom. The summed E-state index contributed by atoms with van der Waals surface area (Å²) >= 11 is 0. The van der Waals surface area contributed by atoms with E-state index in [2.05, 4.69) is 52.7 Å². The van der Waals surface area contributed by atoms with Crippen LogP contribution in [0.4, 0.5) is 5.69 Å². The summed E-state index contributed by atoms with van der Waals surface area (Å²) in [4.78, 5) is 14.7. The fraction of sp³-hybridized carbons (Fsp3) is 0.261. The van der Waals surface area contributed by atoms with Crippen LogP contribution in [0.25, 0.3) is 10.8 Å². The van der Waals surface area contributed by atoms with Gasteiger partial charge in [0.05, 0.1) is 5.69 Å². The average molecular weight is 360 g/mol. The molecule has 1 amide bonds. The summed E-state index contributed by atoms with van der Waals surface area (Å²) in [6.45, 7) is 1.57. The van der Waals surface area contributed by atoms with Crippen LogP contribution in [0.3, 0.4) is 0 Å². The molecule has 0 unspecified atom stereocenters. The zero-order valence-corrected chi connectivity index (χ0v) is 15.3. The van der Waals surface area contributed by atoms with Gasteiger partial charge in [-0.2, -0.15) is 0 Å². The number of benzene rings is 3. The van der Waals surface area contributed by atoms with Crippen molar-refractivity contribution in [1.82, 2.24) is 4.90 Å². The number of nitrogens with zero attached hydrogens (tertiary/aromatic N) is 1. The maximum Gasteiger partial charge on any atom is 0.225 e. The zero-order chi connectivity index (χ0) is 18.6. The number of nitrogens with one attached hydrogen (secondary N) is 1. The molecule has 1 fully saturated rings. The van der Waals surface area contributed by atoms with E-state index in [4.69, 9.17) is 0 Å². The van der Waals surface area contributed by atoms with Gasteiger partial charge in [0, 0.05) is 25.6 Å². The second kappa shape index (κ2) is 7.80. The predicted octanol–water partition coefficient (Wildman–Crippen LogP) is 4.54. The van der Waals surface area contributed by atoms with Crippen LogP contribution in [-0.2, 0) is 11.3 Å². The number of carbonyl (C=O) groups is 1. The van der Waals surface area contributed by atoms with E-state index in [0.717, 1.165) is 6.54 Å². The number of aromatic hydroxyl groups is 1. The van der Waals surface area contributed by atoms with Gasteiger partial charge in [0.1, 0.15) is 5.75 Å². The Bertz CT molecular complexity index is 945. The molecule has 4 heteroatoms. The van der Waals surface area contributed by atoms with Crippen LogP contribution in [0.2, 0.25) is 0 Å². The zero-order valence-electron chi connectivity index (χ0n) is 15.3. The van der Waals surface area contributed by atoms with Crippen molar-refractivity contribution in [2.75, 3.05) is 11.9 Å². The summed E-state index contributed by atoms with van der Waals surface area (Å²) in [6.07, 6.45) is 2.81. The van der Waals surface area contributed by atoms with Crippen LogP contribution in [-0.4, -0.2) is 28.5 Å². The van der Waals surface area contributed by atoms with Gasteiger partial charge in [-0.3, -0.25) is 9.69 Å². The number of para-hydroxylation sites is 2. The molecule has 0 spiro atoms. The fourth-order valence-electron chi connectivity index (χ4n) is 3.52. The van der Waals surface area contributed by atoms with Gasteiger partial charge in [-0.05, 0) is 41.3 Å². The summed E-state index contributed by atoms with van der Waals surface area (Å²) in [5.41, 5.74) is 1.77. The second-order valence-corrected chi connectivity index (χ2v) is 7.16. The molecule has 3 aromatic rings. The van der Waals surface area contributed by atoms with Crippen LogP contribution in [0, 0.1) is 0 Å². The molecular weight excluding hydrogens is 336 g/mol. The van der Waals surface area contributed by atoms with Crippen LogP contribution in [0.1, 0.15) is 24.8 Å². The van der Waals surface area contributed by atoms with Gasteiger partial charge in [0.25, 0.3) is 0 Å². The molecule has 0 radical (unpaired) electrons. The summed E-state index contributed by atoms with van der Waals surface area (Å²) in [5.74, 6) is 0.0284. The molecule has 0 bridgehead atoms. The molecule has 3 aromatic carbocycles. The lowest BCUT2D eigenvalue weighted by atomic mass is 10.0. The standard InChI is InChI=1S/C23H24N2O2/c26-22-11-4-3-10-21(22)24-23(27)14-15-25(19-12-13-19)16-18-8-5-7-17-6-1-2-9-20(17)18/h1-11,19,26H,12-16H2,(H,24,27). The minimum absolute atomic E-state index is 0.0694. The second-order valence-electron chi connectivity index (χ2n) is 7.16. The summed E-state index contributed by atoms with van der Waals surface area (Å²) in [6, 6.07) is 22.3. The van der Waals surface area contributed by atoms with E-state index in [1.807, 2.05) is 0 Å². The van der Waals surface area contributed by atoms with Crippen molar-refractivity contribution in [3.8, 4) is 5.75 Å². The first-order chi connectivity index (χ1) is 13.2. The lowest BCUT2D eigenvalue weighted by molar-refractivity contribution is -0.116. The number of anilines is 1. The van der Waals surface area contributed by atoms with Crippen molar-refractivity contribution in [3.63, 3.8) is 0 Å². The van der Waals surface area contributed by atoms with E-state index in [1.165, 1.54) is 29.2 Å². The topological polar surface area (TPSA) is 52.6 Å². The Morgan fingerprint density at radius 3 is 2.56 bits per heavy atom. The van der Waals surface area contributed by atoms with Gasteiger partial charge in [0.2, 0.25) is 5.91 Å². The van der Waals surface area contributed by atoms with E-state index >= 15 is 0 Å². The third-order valence-electron chi connectivity index (χ3n) is 5.12. The number of amides is 1. The fourth-order valence-corrected chi connectivity index (χ4v) is 3.52. The maximum absolute atomic E-state index is 12.3. The number of hydrogen-bond donors (Lipinski definition) is 2. The SMILES string of the molecule is O=C(CCN(Cc1cccc2ccccc12)C1CC1)Nc1ccccc1O. The van der Waals surface area contributed by atoms with Gasteiger partial charge in [-0.15, -0.1) is 0 Å². The molecule has 1 aliphatic rings. The normalized spacial score (nSPS) is 13.8. The largest absolute Gasteiger partial charge is 0.506 e. The van der Waals surface area contributed by atoms with Crippen molar-refractivity contribution in [3.05, 3.63) is 72.3 Å². The van der Waals surface area contributed by atoms with Crippen LogP contribution < -0.4 is 5.32 Å². The smallest absolute Gasteiger partial charge is 0.225 e. The quantitative estimate of drug-likeness (QED) is 0.608. The summed E-state index contributed by atoms with van der Waals surface area (Å²) in [7, 11) is 0. The van der Waals surface area contributed by atoms with Crippen molar-refractivity contribution in [2.45, 2.75) is 31.8 Å². The van der Waals surface area contributed by atoms with Crippen molar-refractivity contribution < 1.29 is 9.90 Å². The lowest BCUT2D eigenvalue weighted by Gasteiger charge is -2.22. The molecule has 0 aliphatic heterocycles. The first-order valence-corrected chi connectivity index (χ1v) is 9.49. The highest BCUT2D eigenvalue weighted by atomic mass is 16.3. The number of fused-ring (bicyclic) bond motifs is 1. The average Bonchev–Trinajstić information content (AvgIpc) is 3.52. The van der Waals surface area contributed by atoms with Gasteiger partial charge >= 0.3 is 0 Å². The highest BCUT2D eigenvalue weighted by molar-refractivity contribution is 5.92. The molecular formula is C23H24N2O2. The van der Waals surface area contributed by atoms with Crippen LogP contribution >= 0.6 is 0 Å². The number of phenols is 1. The Balaban J connectivity index is 1.41. The molecule has 4 nitrogen and oxygen atoms in total. The van der Waals surface area contributed by atoms with E-state index in [9.17, 15) is 9.90 Å². The van der Waals surface area contributed by atoms with Gasteiger partial charge < -0.3 is 10.4 Å². The summed E-state index contributed by atoms with van der Waals surface area (Å²) < 4.78 is 0. The Hall–Kier alpha value is -2.85. The van der Waals surface area contributed by atoms with E-state index < -0.39 is 0 Å². The van der Waals surface area contributed by atoms with Gasteiger partial charge in [-0.1, -0.05) is 54.6 Å². The third kappa shape index (κ3) is 4.29. The number of rotatable bonds is 7. The lowest BCUT2D eigenvalue weighted by Crippen LogP contribution is -2.29. The maximum atomic E-state index is 12.3. The molecule has 27 heavy (non-hydrogen) atoms. The molecule has 1 aliphatic carbocycles. The van der Waals surface area contributed by atoms with Crippen molar-refractivity contribution >= 4 is 22.4 Å². The first kappa shape index (κ1) is 17.6. The van der Waals surface area contributed by atoms with Crippen molar-refractivity contribution in [2.24, 2.45) is 0 Å². The Morgan fingerprint density at radius 1 is 1.00 bits per heavy atom. The summed E-state index contributed by atoms with van der Waals surface area (Å²) in [5, 5.41) is 15.1. The monoisotopic (exact) mass is 360 g/mol. The molecule has 0 heterocycles. The number of phenolic OH excluding ortho intramolecular Hbond substituents is 1. The number of hydrogen-bond acceptors (Lipinski definition) is 3. The highest BCUT2D eigenvalue weighted by Crippen LogP contribution is 2.30. The minimum Gasteiger partial charge on any atom is -0.506 e. The predicted molar refractivity (Wildman–Crippen MR) is 109 cm³/mol. The molecule has 2 N–H and O–H groups in total. The molecule has 0 atom stereocenters. The Kier molecular flexibility index (Phi) is 5.07. The van der Waals surface area contributed by atoms with Gasteiger partial charge in [-0.25, -0.2) is 0 Å². The van der Waals surface area contributed by atoms with Crippen LogP contribution in [0.15, 0.2) is 66.7 Å². The molecule has 0 saturated heterocycles.